The zero-order valence-corrected chi connectivity index (χ0v) is 10.4. The molecule has 19 heavy (non-hydrogen) atoms. The van der Waals surface area contributed by atoms with Crippen molar-refractivity contribution in [3.8, 4) is 0 Å². The van der Waals surface area contributed by atoms with E-state index in [2.05, 4.69) is 15.3 Å². The van der Waals surface area contributed by atoms with E-state index in [1.165, 1.54) is 12.1 Å². The first kappa shape index (κ1) is 12.9. The number of nitrogens with one attached hydrogen (secondary N) is 1. The second-order valence-electron chi connectivity index (χ2n) is 4.01. The van der Waals surface area contributed by atoms with Gasteiger partial charge < -0.3 is 11.1 Å². The molecule has 0 spiro atoms. The van der Waals surface area contributed by atoms with Crippen LogP contribution in [0.2, 0.25) is 0 Å². The number of anilines is 1. The van der Waals surface area contributed by atoms with Gasteiger partial charge in [-0.3, -0.25) is 4.79 Å². The van der Waals surface area contributed by atoms with Crippen LogP contribution in [0, 0.1) is 12.7 Å². The Morgan fingerprint density at radius 2 is 2.21 bits per heavy atom. The van der Waals surface area contributed by atoms with Gasteiger partial charge in [-0.05, 0) is 31.2 Å². The lowest BCUT2D eigenvalue weighted by Gasteiger charge is -2.07. The molecule has 0 unspecified atom stereocenters. The van der Waals surface area contributed by atoms with E-state index in [1.54, 1.807) is 19.2 Å². The summed E-state index contributed by atoms with van der Waals surface area (Å²) in [7, 11) is 0. The number of carbonyl (C=O) groups is 1. The molecule has 0 aliphatic carbocycles. The quantitative estimate of drug-likeness (QED) is 0.818. The number of carbonyl (C=O) groups excluding carboxylic acids is 1. The van der Waals surface area contributed by atoms with Crippen LogP contribution >= 0.6 is 0 Å². The molecule has 1 heterocycles. The fourth-order valence-electron chi connectivity index (χ4n) is 1.59. The number of benzene rings is 1. The molecule has 2 rings (SSSR count). The number of nitrogen functional groups attached to an aromatic ring is 1. The summed E-state index contributed by atoms with van der Waals surface area (Å²) in [4.78, 5) is 20.0. The summed E-state index contributed by atoms with van der Waals surface area (Å²) < 4.78 is 13.1. The van der Waals surface area contributed by atoms with E-state index in [-0.39, 0.29) is 17.8 Å². The molecule has 2 aromatic rings. The minimum absolute atomic E-state index is 0.116. The summed E-state index contributed by atoms with van der Waals surface area (Å²) in [5, 5.41) is 2.63. The van der Waals surface area contributed by atoms with Gasteiger partial charge in [0.25, 0.3) is 5.91 Å². The average Bonchev–Trinajstić information content (AvgIpc) is 2.39. The first-order valence-corrected chi connectivity index (χ1v) is 5.68. The predicted octanol–water partition coefficient (Wildman–Crippen LogP) is 1.44. The molecule has 1 aromatic heterocycles. The molecular formula is C13H13FN4O. The average molecular weight is 260 g/mol. The number of aryl methyl sites for hydroxylation is 1. The zero-order chi connectivity index (χ0) is 13.8. The fraction of sp³-hybridized carbons (Fsp3) is 0.154. The maximum absolute atomic E-state index is 13.1. The highest BCUT2D eigenvalue weighted by Crippen LogP contribution is 2.13. The summed E-state index contributed by atoms with van der Waals surface area (Å²) in [5.41, 5.74) is 6.66. The van der Waals surface area contributed by atoms with E-state index in [4.69, 9.17) is 5.73 Å². The van der Waals surface area contributed by atoms with E-state index < -0.39 is 11.7 Å². The van der Waals surface area contributed by atoms with Gasteiger partial charge in [0, 0.05) is 11.9 Å². The number of rotatable bonds is 3. The SMILES string of the molecule is Cc1nccc(CNC(=O)c2cc(F)ccc2N)n1. The van der Waals surface area contributed by atoms with E-state index >= 15 is 0 Å². The van der Waals surface area contributed by atoms with Crippen LogP contribution in [-0.2, 0) is 6.54 Å². The van der Waals surface area contributed by atoms with Crippen LogP contribution in [0.15, 0.2) is 30.5 Å². The van der Waals surface area contributed by atoms with Crippen molar-refractivity contribution in [3.05, 3.63) is 53.4 Å². The van der Waals surface area contributed by atoms with Gasteiger partial charge in [-0.15, -0.1) is 0 Å². The van der Waals surface area contributed by atoms with Crippen molar-refractivity contribution >= 4 is 11.6 Å². The van der Waals surface area contributed by atoms with Crippen LogP contribution in [0.3, 0.4) is 0 Å². The Labute approximate surface area is 109 Å². The van der Waals surface area contributed by atoms with Gasteiger partial charge in [0.2, 0.25) is 0 Å². The normalized spacial score (nSPS) is 10.2. The maximum Gasteiger partial charge on any atom is 0.253 e. The van der Waals surface area contributed by atoms with Crippen LogP contribution in [0.1, 0.15) is 21.9 Å². The Morgan fingerprint density at radius 1 is 1.42 bits per heavy atom. The number of halogens is 1. The lowest BCUT2D eigenvalue weighted by molar-refractivity contribution is 0.0951. The van der Waals surface area contributed by atoms with Gasteiger partial charge in [-0.25, -0.2) is 14.4 Å². The van der Waals surface area contributed by atoms with Gasteiger partial charge in [-0.1, -0.05) is 0 Å². The highest BCUT2D eigenvalue weighted by Gasteiger charge is 2.10. The van der Waals surface area contributed by atoms with Crippen LogP contribution in [0.25, 0.3) is 0 Å². The second-order valence-corrected chi connectivity index (χ2v) is 4.01. The van der Waals surface area contributed by atoms with Crippen molar-refractivity contribution < 1.29 is 9.18 Å². The van der Waals surface area contributed by atoms with Crippen LogP contribution in [0.4, 0.5) is 10.1 Å². The highest BCUT2D eigenvalue weighted by atomic mass is 19.1. The third-order valence-corrected chi connectivity index (χ3v) is 2.52. The van der Waals surface area contributed by atoms with Crippen molar-refractivity contribution in [2.24, 2.45) is 0 Å². The minimum atomic E-state index is -0.503. The number of nitrogens with two attached hydrogens (primary N) is 1. The molecule has 98 valence electrons. The standard InChI is InChI=1S/C13H13FN4O/c1-8-16-5-4-10(18-8)7-17-13(19)11-6-9(14)2-3-12(11)15/h2-6H,7,15H2,1H3,(H,17,19). The third kappa shape index (κ3) is 3.25. The molecule has 0 saturated heterocycles. The molecule has 0 radical (unpaired) electrons. The Kier molecular flexibility index (Phi) is 3.70. The molecule has 1 aromatic carbocycles. The Morgan fingerprint density at radius 3 is 2.95 bits per heavy atom. The molecule has 5 nitrogen and oxygen atoms in total. The number of hydrogen-bond donors (Lipinski definition) is 2. The molecule has 0 bridgehead atoms. The summed E-state index contributed by atoms with van der Waals surface area (Å²) in [6.45, 7) is 1.99. The monoisotopic (exact) mass is 260 g/mol. The lowest BCUT2D eigenvalue weighted by Crippen LogP contribution is -2.24. The number of amides is 1. The molecule has 1 amide bonds. The van der Waals surface area contributed by atoms with Crippen molar-refractivity contribution in [2.75, 3.05) is 5.73 Å². The zero-order valence-electron chi connectivity index (χ0n) is 10.4. The van der Waals surface area contributed by atoms with Crippen LogP contribution in [-0.4, -0.2) is 15.9 Å². The van der Waals surface area contributed by atoms with Crippen molar-refractivity contribution in [1.82, 2.24) is 15.3 Å². The van der Waals surface area contributed by atoms with Crippen molar-refractivity contribution in [3.63, 3.8) is 0 Å². The third-order valence-electron chi connectivity index (χ3n) is 2.52. The number of nitrogens with zero attached hydrogens (tertiary/aromatic N) is 2. The largest absolute Gasteiger partial charge is 0.398 e. The Hall–Kier alpha value is -2.50. The summed E-state index contributed by atoms with van der Waals surface area (Å²) in [6.07, 6.45) is 1.61. The predicted molar refractivity (Wildman–Crippen MR) is 68.8 cm³/mol. The molecule has 0 aliphatic rings. The smallest absolute Gasteiger partial charge is 0.253 e. The van der Waals surface area contributed by atoms with Crippen LogP contribution in [0.5, 0.6) is 0 Å². The molecular weight excluding hydrogens is 247 g/mol. The summed E-state index contributed by atoms with van der Waals surface area (Å²) in [6, 6.07) is 5.37. The first-order chi connectivity index (χ1) is 9.06. The minimum Gasteiger partial charge on any atom is -0.398 e. The first-order valence-electron chi connectivity index (χ1n) is 5.68. The topological polar surface area (TPSA) is 80.9 Å². The molecule has 0 aliphatic heterocycles. The van der Waals surface area contributed by atoms with E-state index in [0.29, 0.717) is 11.5 Å². The van der Waals surface area contributed by atoms with Gasteiger partial charge >= 0.3 is 0 Å². The molecule has 6 heteroatoms. The lowest BCUT2D eigenvalue weighted by atomic mass is 10.1. The Bertz CT molecular complexity index is 615. The van der Waals surface area contributed by atoms with Crippen molar-refractivity contribution in [2.45, 2.75) is 13.5 Å². The fourth-order valence-corrected chi connectivity index (χ4v) is 1.59. The molecule has 0 atom stereocenters. The number of aromatic nitrogens is 2. The van der Waals surface area contributed by atoms with Crippen molar-refractivity contribution in [1.29, 1.82) is 0 Å². The number of hydrogen-bond acceptors (Lipinski definition) is 4. The van der Waals surface area contributed by atoms with Gasteiger partial charge in [-0.2, -0.15) is 0 Å². The summed E-state index contributed by atoms with van der Waals surface area (Å²) in [5.74, 6) is -0.317. The van der Waals surface area contributed by atoms with E-state index in [1.807, 2.05) is 0 Å². The van der Waals surface area contributed by atoms with E-state index in [9.17, 15) is 9.18 Å². The highest BCUT2D eigenvalue weighted by molar-refractivity contribution is 5.99. The van der Waals surface area contributed by atoms with Gasteiger partial charge in [0.1, 0.15) is 11.6 Å². The molecule has 0 fully saturated rings. The maximum atomic E-state index is 13.1. The van der Waals surface area contributed by atoms with Gasteiger partial charge in [0.15, 0.2) is 0 Å². The molecule has 3 N–H and O–H groups in total. The summed E-state index contributed by atoms with van der Waals surface area (Å²) >= 11 is 0. The molecule has 0 saturated carbocycles. The van der Waals surface area contributed by atoms with E-state index in [0.717, 1.165) is 6.07 Å². The van der Waals surface area contributed by atoms with Crippen LogP contribution < -0.4 is 11.1 Å². The second kappa shape index (κ2) is 5.43. The Balaban J connectivity index is 2.07. The van der Waals surface area contributed by atoms with Gasteiger partial charge in [0.05, 0.1) is 17.8 Å².